The first-order valence-electron chi connectivity index (χ1n) is 11.2. The molecule has 0 spiro atoms. The van der Waals surface area contributed by atoms with E-state index < -0.39 is 0 Å². The summed E-state index contributed by atoms with van der Waals surface area (Å²) in [4.78, 5) is 15.0. The average molecular weight is 442 g/mol. The molecule has 1 aliphatic rings. The second kappa shape index (κ2) is 8.75. The molecule has 1 aliphatic carbocycles. The van der Waals surface area contributed by atoms with Gasteiger partial charge in [-0.2, -0.15) is 5.10 Å². The lowest BCUT2D eigenvalue weighted by molar-refractivity contribution is 0.0942. The zero-order valence-corrected chi connectivity index (χ0v) is 19.3. The Labute approximate surface area is 192 Å². The molecule has 1 N–H and O–H groups in total. The Morgan fingerprint density at radius 2 is 1.81 bits per heavy atom. The third-order valence-electron chi connectivity index (χ3n) is 6.13. The molecular weight excluding hydrogens is 414 g/mol. The highest BCUT2D eigenvalue weighted by atomic mass is 32.1. The lowest BCUT2D eigenvalue weighted by atomic mass is 9.95. The maximum Gasteiger partial charge on any atom is 0.261 e. The van der Waals surface area contributed by atoms with Crippen LogP contribution in [0.5, 0.6) is 0 Å². The smallest absolute Gasteiger partial charge is 0.261 e. The first kappa shape index (κ1) is 20.7. The van der Waals surface area contributed by atoms with Crippen LogP contribution in [0.25, 0.3) is 16.1 Å². The molecular formula is C27H27N3OS. The van der Waals surface area contributed by atoms with Gasteiger partial charge in [0.05, 0.1) is 22.0 Å². The van der Waals surface area contributed by atoms with E-state index in [4.69, 9.17) is 5.10 Å². The molecule has 32 heavy (non-hydrogen) atoms. The minimum Gasteiger partial charge on any atom is -0.349 e. The summed E-state index contributed by atoms with van der Waals surface area (Å²) < 4.78 is 2.07. The van der Waals surface area contributed by atoms with E-state index in [1.54, 1.807) is 11.3 Å². The third-order valence-corrected chi connectivity index (χ3v) is 7.33. The Hall–Kier alpha value is -3.18. The van der Waals surface area contributed by atoms with Crippen molar-refractivity contribution in [1.29, 1.82) is 0 Å². The number of thiophene rings is 1. The molecule has 2 aromatic heterocycles. The van der Waals surface area contributed by atoms with E-state index >= 15 is 0 Å². The number of hydrogen-bond donors (Lipinski definition) is 1. The summed E-state index contributed by atoms with van der Waals surface area (Å²) in [7, 11) is 0. The number of carbonyl (C=O) groups is 1. The normalized spacial score (nSPS) is 13.3. The standard InChI is InChI=1S/C27H27N3OS/c1-18(13-14-20-9-5-3-6-10-20)28-27(31)24-17-21-15-16-23-25(26(21)32-24)19(2)29-30(23)22-11-7-4-8-12-22/h3-12,17-18H,13-16H2,1-2H3,(H,28,31). The van der Waals surface area contributed by atoms with Gasteiger partial charge >= 0.3 is 0 Å². The van der Waals surface area contributed by atoms with Crippen LogP contribution in [-0.4, -0.2) is 21.7 Å². The SMILES string of the molecule is Cc1nn(-c2ccccc2)c2c1-c1sc(C(=O)NC(C)CCc3ccccc3)cc1CC2. The number of benzene rings is 2. The summed E-state index contributed by atoms with van der Waals surface area (Å²) in [5.41, 5.74) is 7.12. The van der Waals surface area contributed by atoms with Crippen molar-refractivity contribution in [3.63, 3.8) is 0 Å². The summed E-state index contributed by atoms with van der Waals surface area (Å²) in [6, 6.07) is 22.9. The van der Waals surface area contributed by atoms with Gasteiger partial charge in [0.15, 0.2) is 0 Å². The van der Waals surface area contributed by atoms with Crippen molar-refractivity contribution in [3.8, 4) is 16.1 Å². The van der Waals surface area contributed by atoms with Crippen LogP contribution in [0.1, 0.15) is 45.5 Å². The van der Waals surface area contributed by atoms with E-state index in [9.17, 15) is 4.79 Å². The third kappa shape index (κ3) is 4.00. The van der Waals surface area contributed by atoms with Crippen LogP contribution in [0.15, 0.2) is 66.7 Å². The van der Waals surface area contributed by atoms with Gasteiger partial charge in [0, 0.05) is 16.5 Å². The van der Waals surface area contributed by atoms with E-state index in [-0.39, 0.29) is 11.9 Å². The van der Waals surface area contributed by atoms with Crippen molar-refractivity contribution in [2.45, 2.75) is 45.6 Å². The number of amides is 1. The highest BCUT2D eigenvalue weighted by Gasteiger charge is 2.27. The molecule has 5 rings (SSSR count). The molecule has 1 atom stereocenters. The summed E-state index contributed by atoms with van der Waals surface area (Å²) in [6.45, 7) is 4.15. The molecule has 1 unspecified atom stereocenters. The Kier molecular flexibility index (Phi) is 5.66. The van der Waals surface area contributed by atoms with E-state index in [0.29, 0.717) is 0 Å². The molecule has 5 heteroatoms. The van der Waals surface area contributed by atoms with Crippen LogP contribution >= 0.6 is 11.3 Å². The predicted octanol–water partition coefficient (Wildman–Crippen LogP) is 5.76. The Bertz CT molecular complexity index is 1240. The largest absolute Gasteiger partial charge is 0.349 e. The number of aryl methyl sites for hydroxylation is 3. The number of aromatic nitrogens is 2. The molecule has 0 radical (unpaired) electrons. The van der Waals surface area contributed by atoms with Crippen molar-refractivity contribution in [2.75, 3.05) is 0 Å². The maximum absolute atomic E-state index is 13.0. The number of rotatable bonds is 6. The minimum atomic E-state index is 0.0274. The lowest BCUT2D eigenvalue weighted by Gasteiger charge is -2.14. The molecule has 1 amide bonds. The summed E-state index contributed by atoms with van der Waals surface area (Å²) in [6.07, 6.45) is 3.76. The Morgan fingerprint density at radius 1 is 1.09 bits per heavy atom. The quantitative estimate of drug-likeness (QED) is 0.414. The van der Waals surface area contributed by atoms with Gasteiger partial charge in [-0.3, -0.25) is 4.79 Å². The molecule has 0 bridgehead atoms. The van der Waals surface area contributed by atoms with E-state index in [1.165, 1.54) is 27.3 Å². The molecule has 4 nitrogen and oxygen atoms in total. The molecule has 0 fully saturated rings. The van der Waals surface area contributed by atoms with Gasteiger partial charge in [0.2, 0.25) is 0 Å². The molecule has 2 aromatic carbocycles. The van der Waals surface area contributed by atoms with Gasteiger partial charge in [0.25, 0.3) is 5.91 Å². The average Bonchev–Trinajstić information content (AvgIpc) is 3.40. The highest BCUT2D eigenvalue weighted by molar-refractivity contribution is 7.17. The number of hydrogen-bond acceptors (Lipinski definition) is 3. The van der Waals surface area contributed by atoms with Crippen molar-refractivity contribution in [2.24, 2.45) is 0 Å². The number of fused-ring (bicyclic) bond motifs is 3. The molecule has 0 saturated carbocycles. The van der Waals surface area contributed by atoms with Crippen LogP contribution in [0.4, 0.5) is 0 Å². The van der Waals surface area contributed by atoms with Gasteiger partial charge in [0.1, 0.15) is 0 Å². The lowest BCUT2D eigenvalue weighted by Crippen LogP contribution is -2.32. The van der Waals surface area contributed by atoms with Gasteiger partial charge < -0.3 is 5.32 Å². The van der Waals surface area contributed by atoms with Crippen molar-refractivity contribution in [3.05, 3.63) is 94.1 Å². The molecule has 4 aromatic rings. The molecule has 0 saturated heterocycles. The Morgan fingerprint density at radius 3 is 2.56 bits per heavy atom. The van der Waals surface area contributed by atoms with Crippen LogP contribution in [0.3, 0.4) is 0 Å². The van der Waals surface area contributed by atoms with Crippen LogP contribution in [0, 0.1) is 6.92 Å². The van der Waals surface area contributed by atoms with Crippen LogP contribution in [0.2, 0.25) is 0 Å². The topological polar surface area (TPSA) is 46.9 Å². The first-order chi connectivity index (χ1) is 15.6. The van der Waals surface area contributed by atoms with Crippen molar-refractivity contribution >= 4 is 17.2 Å². The van der Waals surface area contributed by atoms with Gasteiger partial charge in [-0.15, -0.1) is 11.3 Å². The number of nitrogens with one attached hydrogen (secondary N) is 1. The van der Waals surface area contributed by atoms with E-state index in [0.717, 1.165) is 41.9 Å². The van der Waals surface area contributed by atoms with Gasteiger partial charge in [-0.05, 0) is 68.9 Å². The highest BCUT2D eigenvalue weighted by Crippen LogP contribution is 2.42. The summed E-state index contributed by atoms with van der Waals surface area (Å²) >= 11 is 1.60. The monoisotopic (exact) mass is 441 g/mol. The Balaban J connectivity index is 1.34. The molecule has 162 valence electrons. The molecule has 2 heterocycles. The molecule has 0 aliphatic heterocycles. The van der Waals surface area contributed by atoms with Gasteiger partial charge in [-0.1, -0.05) is 48.5 Å². The summed E-state index contributed by atoms with van der Waals surface area (Å²) in [5.74, 6) is 0.0274. The first-order valence-corrected chi connectivity index (χ1v) is 12.0. The van der Waals surface area contributed by atoms with Crippen LogP contribution < -0.4 is 5.32 Å². The van der Waals surface area contributed by atoms with Crippen molar-refractivity contribution in [1.82, 2.24) is 15.1 Å². The zero-order valence-electron chi connectivity index (χ0n) is 18.5. The fraction of sp³-hybridized carbons (Fsp3) is 0.259. The van der Waals surface area contributed by atoms with Gasteiger partial charge in [-0.25, -0.2) is 4.68 Å². The second-order valence-electron chi connectivity index (χ2n) is 8.52. The van der Waals surface area contributed by atoms with Crippen LogP contribution in [-0.2, 0) is 19.3 Å². The van der Waals surface area contributed by atoms with E-state index in [1.807, 2.05) is 24.3 Å². The predicted molar refractivity (Wildman–Crippen MR) is 131 cm³/mol. The fourth-order valence-electron chi connectivity index (χ4n) is 4.47. The number of carbonyl (C=O) groups excluding carboxylic acids is 1. The van der Waals surface area contributed by atoms with E-state index in [2.05, 4.69) is 66.3 Å². The maximum atomic E-state index is 13.0. The summed E-state index contributed by atoms with van der Waals surface area (Å²) in [5, 5.41) is 8.04. The number of nitrogens with zero attached hydrogens (tertiary/aromatic N) is 2. The minimum absolute atomic E-state index is 0.0274. The zero-order chi connectivity index (χ0) is 22.1. The fourth-order valence-corrected chi connectivity index (χ4v) is 5.70. The number of para-hydroxylation sites is 1. The second-order valence-corrected chi connectivity index (χ2v) is 9.57. The van der Waals surface area contributed by atoms with Crippen molar-refractivity contribution < 1.29 is 4.79 Å².